The van der Waals surface area contributed by atoms with Crippen LogP contribution in [-0.4, -0.2) is 48.3 Å². The van der Waals surface area contributed by atoms with Crippen molar-refractivity contribution in [2.24, 2.45) is 11.3 Å². The first-order valence-corrected chi connectivity index (χ1v) is 11.6. The lowest BCUT2D eigenvalue weighted by Crippen LogP contribution is -2.61. The van der Waals surface area contributed by atoms with Gasteiger partial charge in [-0.25, -0.2) is 9.59 Å². The predicted octanol–water partition coefficient (Wildman–Crippen LogP) is 1.81. The average Bonchev–Trinajstić information content (AvgIpc) is 3.29. The summed E-state index contributed by atoms with van der Waals surface area (Å²) in [5.74, 6) is -1.82. The highest BCUT2D eigenvalue weighted by Gasteiger charge is 2.48. The van der Waals surface area contributed by atoms with Crippen LogP contribution in [0.4, 0.5) is 21.0 Å². The maximum Gasteiger partial charge on any atom is 0.319 e. The van der Waals surface area contributed by atoms with Crippen molar-refractivity contribution in [1.29, 1.82) is 0 Å². The van der Waals surface area contributed by atoms with E-state index in [0.717, 1.165) is 0 Å². The van der Waals surface area contributed by atoms with Crippen LogP contribution in [0.5, 0.6) is 0 Å². The summed E-state index contributed by atoms with van der Waals surface area (Å²) >= 11 is 0. The third kappa shape index (κ3) is 4.37. The van der Waals surface area contributed by atoms with Crippen LogP contribution in [0.1, 0.15) is 61.7 Å². The van der Waals surface area contributed by atoms with E-state index >= 15 is 0 Å². The van der Waals surface area contributed by atoms with Gasteiger partial charge in [0.1, 0.15) is 0 Å². The Balaban J connectivity index is 1.10. The van der Waals surface area contributed by atoms with Crippen LogP contribution in [0, 0.1) is 11.3 Å². The molecular formula is C25H24N6O6. The van der Waals surface area contributed by atoms with Gasteiger partial charge in [-0.3, -0.25) is 29.8 Å². The van der Waals surface area contributed by atoms with Gasteiger partial charge in [-0.2, -0.15) is 0 Å². The molecule has 5 rings (SSSR count). The predicted molar refractivity (Wildman–Crippen MR) is 131 cm³/mol. The Kier molecular flexibility index (Phi) is 5.66. The molecule has 2 unspecified atom stereocenters. The van der Waals surface area contributed by atoms with Crippen LogP contribution in [-0.2, 0) is 0 Å². The van der Waals surface area contributed by atoms with Crippen molar-refractivity contribution in [1.82, 2.24) is 21.3 Å². The fourth-order valence-corrected chi connectivity index (χ4v) is 4.82. The Morgan fingerprint density at radius 1 is 0.784 bits per heavy atom. The topological polar surface area (TPSA) is 175 Å². The summed E-state index contributed by atoms with van der Waals surface area (Å²) < 4.78 is 0. The Hall–Kier alpha value is -4.74. The molecular weight excluding hydrogens is 480 g/mol. The summed E-state index contributed by atoms with van der Waals surface area (Å²) in [5, 5.41) is 15.5. The molecule has 1 fully saturated rings. The van der Waals surface area contributed by atoms with Crippen molar-refractivity contribution in [3.63, 3.8) is 0 Å². The number of hydrogen-bond donors (Lipinski definition) is 6. The van der Waals surface area contributed by atoms with E-state index in [1.807, 2.05) is 13.8 Å². The van der Waals surface area contributed by atoms with Gasteiger partial charge in [0.05, 0.1) is 22.3 Å². The highest BCUT2D eigenvalue weighted by Crippen LogP contribution is 2.45. The minimum absolute atomic E-state index is 0.0988. The van der Waals surface area contributed by atoms with E-state index in [-0.39, 0.29) is 39.6 Å². The molecule has 0 spiro atoms. The van der Waals surface area contributed by atoms with Gasteiger partial charge in [-0.15, -0.1) is 0 Å². The fraction of sp³-hybridized carbons (Fsp3) is 0.280. The first kappa shape index (κ1) is 24.0. The smallest absolute Gasteiger partial charge is 0.319 e. The van der Waals surface area contributed by atoms with Crippen molar-refractivity contribution in [3.05, 3.63) is 58.7 Å². The van der Waals surface area contributed by atoms with E-state index in [1.54, 1.807) is 12.1 Å². The third-order valence-corrected chi connectivity index (χ3v) is 7.27. The standard InChI is InChI=1S/C25H24N6O6/c1-25(2)11(10-26-23(36)27-12-3-5-14-16(8-12)21(34)30-19(14)32)7-18(25)29-24(37)28-13-4-6-15-17(9-13)22(35)31-20(15)33/h3-6,8-9,11,18H,7,10H2,1-2H3,(H2,26,27,36)(H2,28,29,37)(H,30,32,34)(H,31,33,35). The second-order valence-electron chi connectivity index (χ2n) is 9.83. The number of imide groups is 2. The molecule has 0 saturated heterocycles. The Bertz CT molecular complexity index is 1400. The minimum Gasteiger partial charge on any atom is -0.338 e. The molecule has 6 N–H and O–H groups in total. The number of hydrogen-bond acceptors (Lipinski definition) is 6. The summed E-state index contributed by atoms with van der Waals surface area (Å²) in [6, 6.07) is 7.95. The van der Waals surface area contributed by atoms with Gasteiger partial charge in [0.25, 0.3) is 23.6 Å². The van der Waals surface area contributed by atoms with Gasteiger partial charge in [0.15, 0.2) is 0 Å². The summed E-state index contributed by atoms with van der Waals surface area (Å²) in [7, 11) is 0. The molecule has 2 aromatic rings. The molecule has 1 aliphatic carbocycles. The summed E-state index contributed by atoms with van der Waals surface area (Å²) in [6.07, 6.45) is 0.642. The van der Waals surface area contributed by atoms with E-state index in [2.05, 4.69) is 31.9 Å². The Morgan fingerprint density at radius 3 is 1.78 bits per heavy atom. The van der Waals surface area contributed by atoms with Crippen LogP contribution >= 0.6 is 0 Å². The lowest BCUT2D eigenvalue weighted by atomic mass is 9.58. The van der Waals surface area contributed by atoms with Crippen molar-refractivity contribution in [2.45, 2.75) is 26.3 Å². The molecule has 0 aromatic heterocycles. The maximum atomic E-state index is 12.5. The summed E-state index contributed by atoms with van der Waals surface area (Å²) in [5.41, 5.74) is 1.44. The molecule has 2 atom stereocenters. The molecule has 0 bridgehead atoms. The van der Waals surface area contributed by atoms with E-state index in [0.29, 0.717) is 24.3 Å². The van der Waals surface area contributed by atoms with E-state index in [4.69, 9.17) is 0 Å². The number of benzene rings is 2. The first-order valence-electron chi connectivity index (χ1n) is 11.6. The number of urea groups is 2. The fourth-order valence-electron chi connectivity index (χ4n) is 4.82. The second kappa shape index (κ2) is 8.73. The molecule has 0 radical (unpaired) electrons. The number of carbonyl (C=O) groups excluding carboxylic acids is 6. The van der Waals surface area contributed by atoms with Gasteiger partial charge in [0.2, 0.25) is 0 Å². The summed E-state index contributed by atoms with van der Waals surface area (Å²) in [6.45, 7) is 4.36. The Morgan fingerprint density at radius 2 is 1.27 bits per heavy atom. The number of anilines is 2. The van der Waals surface area contributed by atoms with Crippen molar-refractivity contribution >= 4 is 47.1 Å². The zero-order valence-electron chi connectivity index (χ0n) is 20.0. The monoisotopic (exact) mass is 504 g/mol. The van der Waals surface area contributed by atoms with Gasteiger partial charge in [-0.05, 0) is 54.2 Å². The number of fused-ring (bicyclic) bond motifs is 2. The lowest BCUT2D eigenvalue weighted by Gasteiger charge is -2.52. The van der Waals surface area contributed by atoms with Crippen molar-refractivity contribution < 1.29 is 28.8 Å². The number of nitrogens with one attached hydrogen (secondary N) is 6. The van der Waals surface area contributed by atoms with Gasteiger partial charge >= 0.3 is 12.1 Å². The van der Waals surface area contributed by atoms with Crippen LogP contribution in [0.25, 0.3) is 0 Å². The molecule has 12 nitrogen and oxygen atoms in total. The van der Waals surface area contributed by atoms with Crippen LogP contribution in [0.3, 0.4) is 0 Å². The molecule has 2 aliphatic heterocycles. The van der Waals surface area contributed by atoms with Crippen molar-refractivity contribution in [3.8, 4) is 0 Å². The van der Waals surface area contributed by atoms with Crippen molar-refractivity contribution in [2.75, 3.05) is 17.2 Å². The quantitative estimate of drug-likeness (QED) is 0.339. The summed E-state index contributed by atoms with van der Waals surface area (Å²) in [4.78, 5) is 71.9. The van der Waals surface area contributed by atoms with Crippen LogP contribution < -0.4 is 31.9 Å². The molecule has 12 heteroatoms. The van der Waals surface area contributed by atoms with E-state index < -0.39 is 35.7 Å². The van der Waals surface area contributed by atoms with Gasteiger partial charge < -0.3 is 21.3 Å². The van der Waals surface area contributed by atoms with E-state index in [1.165, 1.54) is 24.3 Å². The molecule has 37 heavy (non-hydrogen) atoms. The zero-order valence-corrected chi connectivity index (χ0v) is 20.0. The SMILES string of the molecule is CC1(C)C(CNC(=O)Nc2ccc3c(c2)C(=O)NC3=O)CC1NC(=O)Nc1ccc2c(c1)C(=O)NC2=O. The number of amides is 8. The minimum atomic E-state index is -0.500. The van der Waals surface area contributed by atoms with Gasteiger partial charge in [0, 0.05) is 24.0 Å². The van der Waals surface area contributed by atoms with E-state index in [9.17, 15) is 28.8 Å². The molecule has 2 aromatic carbocycles. The lowest BCUT2D eigenvalue weighted by molar-refractivity contribution is 0.0244. The maximum absolute atomic E-state index is 12.5. The molecule has 1 saturated carbocycles. The average molecular weight is 505 g/mol. The molecule has 2 heterocycles. The third-order valence-electron chi connectivity index (χ3n) is 7.27. The zero-order chi connectivity index (χ0) is 26.5. The number of carbonyl (C=O) groups is 6. The second-order valence-corrected chi connectivity index (χ2v) is 9.83. The normalized spacial score (nSPS) is 20.7. The highest BCUT2D eigenvalue weighted by atomic mass is 16.2. The largest absolute Gasteiger partial charge is 0.338 e. The molecule has 190 valence electrons. The van der Waals surface area contributed by atoms with Crippen LogP contribution in [0.15, 0.2) is 36.4 Å². The Labute approximate surface area is 210 Å². The highest BCUT2D eigenvalue weighted by molar-refractivity contribution is 6.22. The molecule has 3 aliphatic rings. The number of rotatable bonds is 5. The molecule has 8 amide bonds. The van der Waals surface area contributed by atoms with Gasteiger partial charge in [-0.1, -0.05) is 13.8 Å². The van der Waals surface area contributed by atoms with Crippen LogP contribution in [0.2, 0.25) is 0 Å². The first-order chi connectivity index (χ1) is 17.5.